The molecule has 2 heterocycles. The fourth-order valence-electron chi connectivity index (χ4n) is 3.49. The molecule has 0 saturated carbocycles. The van der Waals surface area contributed by atoms with Crippen LogP contribution in [0.2, 0.25) is 0 Å². The van der Waals surface area contributed by atoms with Gasteiger partial charge in [0.2, 0.25) is 0 Å². The maximum atomic E-state index is 13.8. The number of benzene rings is 2. The summed E-state index contributed by atoms with van der Waals surface area (Å²) in [6.07, 6.45) is 0. The van der Waals surface area contributed by atoms with Gasteiger partial charge in [0.05, 0.1) is 26.2 Å². The zero-order chi connectivity index (χ0) is 21.4. The minimum Gasteiger partial charge on any atom is -0.493 e. The first-order valence-corrected chi connectivity index (χ1v) is 10.2. The van der Waals surface area contributed by atoms with Gasteiger partial charge in [-0.3, -0.25) is 9.36 Å². The van der Waals surface area contributed by atoms with Crippen molar-refractivity contribution in [3.8, 4) is 22.9 Å². The second kappa shape index (κ2) is 7.91. The Kier molecular flexibility index (Phi) is 5.30. The number of halogens is 1. The summed E-state index contributed by atoms with van der Waals surface area (Å²) in [4.78, 5) is 20.1. The Morgan fingerprint density at radius 2 is 1.83 bits per heavy atom. The highest BCUT2D eigenvalue weighted by Gasteiger charge is 2.19. The van der Waals surface area contributed by atoms with Crippen LogP contribution >= 0.6 is 11.3 Å². The fraction of sp³-hybridized carbons (Fsp3) is 0.217. The topological polar surface area (TPSA) is 53.3 Å². The second-order valence-electron chi connectivity index (χ2n) is 6.99. The van der Waals surface area contributed by atoms with E-state index in [9.17, 15) is 9.18 Å². The van der Waals surface area contributed by atoms with Crippen molar-refractivity contribution >= 4 is 21.6 Å². The van der Waals surface area contributed by atoms with Crippen LogP contribution in [0.15, 0.2) is 47.3 Å². The van der Waals surface area contributed by atoms with Gasteiger partial charge < -0.3 is 9.47 Å². The number of ether oxygens (including phenoxy) is 2. The number of hydrogen-bond acceptors (Lipinski definition) is 5. The van der Waals surface area contributed by atoms with Crippen LogP contribution < -0.4 is 15.0 Å². The lowest BCUT2D eigenvalue weighted by atomic mass is 10.1. The smallest absolute Gasteiger partial charge is 0.263 e. The van der Waals surface area contributed by atoms with Crippen molar-refractivity contribution in [2.24, 2.45) is 0 Å². The monoisotopic (exact) mass is 424 g/mol. The van der Waals surface area contributed by atoms with Gasteiger partial charge in [-0.1, -0.05) is 12.1 Å². The molecule has 4 rings (SSSR count). The summed E-state index contributed by atoms with van der Waals surface area (Å²) >= 11 is 1.50. The average Bonchev–Trinajstić information content (AvgIpc) is 3.03. The van der Waals surface area contributed by atoms with Gasteiger partial charge in [0.15, 0.2) is 11.5 Å². The SMILES string of the molecule is COc1ccc(-c2nc3sc(C)c(C)c3c(=O)n2Cc2cccc(F)c2)cc1OC. The molecule has 0 N–H and O–H groups in total. The lowest BCUT2D eigenvalue weighted by molar-refractivity contribution is 0.355. The predicted octanol–water partition coefficient (Wildman–Crippen LogP) is 4.95. The minimum absolute atomic E-state index is 0.143. The third kappa shape index (κ3) is 3.45. The van der Waals surface area contributed by atoms with Gasteiger partial charge in [-0.2, -0.15) is 0 Å². The number of aryl methyl sites for hydroxylation is 2. The summed E-state index contributed by atoms with van der Waals surface area (Å²) in [5.41, 5.74) is 2.19. The van der Waals surface area contributed by atoms with Crippen molar-refractivity contribution in [1.82, 2.24) is 9.55 Å². The number of thiophene rings is 1. The summed E-state index contributed by atoms with van der Waals surface area (Å²) in [5.74, 6) is 1.29. The molecule has 0 amide bonds. The standard InChI is InChI=1S/C23H21FN2O3S/c1-13-14(2)30-22-20(13)23(27)26(12-15-6-5-7-17(24)10-15)21(25-22)16-8-9-18(28-3)19(11-16)29-4/h5-11H,12H2,1-4H3. The lowest BCUT2D eigenvalue weighted by Gasteiger charge is -2.15. The molecule has 0 aliphatic carbocycles. The Labute approximate surface area is 177 Å². The number of nitrogens with zero attached hydrogens (tertiary/aromatic N) is 2. The second-order valence-corrected chi connectivity index (χ2v) is 8.19. The van der Waals surface area contributed by atoms with Crippen LogP contribution in [0.3, 0.4) is 0 Å². The van der Waals surface area contributed by atoms with Gasteiger partial charge in [0.1, 0.15) is 16.5 Å². The van der Waals surface area contributed by atoms with E-state index in [2.05, 4.69) is 0 Å². The quantitative estimate of drug-likeness (QED) is 0.455. The Morgan fingerprint density at radius 1 is 1.07 bits per heavy atom. The molecule has 7 heteroatoms. The highest BCUT2D eigenvalue weighted by Crippen LogP contribution is 2.33. The molecular weight excluding hydrogens is 403 g/mol. The normalized spacial score (nSPS) is 11.1. The number of rotatable bonds is 5. The molecule has 0 spiro atoms. The molecule has 0 atom stereocenters. The molecule has 154 valence electrons. The number of fused-ring (bicyclic) bond motifs is 1. The van der Waals surface area contributed by atoms with Crippen molar-refractivity contribution in [3.63, 3.8) is 0 Å². The molecule has 0 bridgehead atoms. The Morgan fingerprint density at radius 3 is 2.53 bits per heavy atom. The Balaban J connectivity index is 1.99. The zero-order valence-corrected chi connectivity index (χ0v) is 18.0. The van der Waals surface area contributed by atoms with Gasteiger partial charge in [-0.15, -0.1) is 11.3 Å². The van der Waals surface area contributed by atoms with Gasteiger partial charge >= 0.3 is 0 Å². The van der Waals surface area contributed by atoms with E-state index >= 15 is 0 Å². The third-order valence-electron chi connectivity index (χ3n) is 5.16. The average molecular weight is 424 g/mol. The van der Waals surface area contributed by atoms with Crippen LogP contribution in [-0.2, 0) is 6.54 Å². The van der Waals surface area contributed by atoms with Gasteiger partial charge in [0, 0.05) is 10.4 Å². The highest BCUT2D eigenvalue weighted by atomic mass is 32.1. The van der Waals surface area contributed by atoms with Crippen molar-refractivity contribution in [2.45, 2.75) is 20.4 Å². The van der Waals surface area contributed by atoms with Crippen LogP contribution in [0, 0.1) is 19.7 Å². The van der Waals surface area contributed by atoms with Crippen LogP contribution in [0.1, 0.15) is 16.0 Å². The molecule has 2 aromatic heterocycles. The first kappa shape index (κ1) is 20.1. The first-order valence-electron chi connectivity index (χ1n) is 9.40. The predicted molar refractivity (Wildman–Crippen MR) is 117 cm³/mol. The van der Waals surface area contributed by atoms with E-state index in [0.717, 1.165) is 10.4 Å². The first-order chi connectivity index (χ1) is 14.4. The van der Waals surface area contributed by atoms with E-state index in [1.54, 1.807) is 43.1 Å². The molecular formula is C23H21FN2O3S. The fourth-order valence-corrected chi connectivity index (χ4v) is 4.51. The maximum absolute atomic E-state index is 13.8. The van der Waals surface area contributed by atoms with Gasteiger partial charge in [0.25, 0.3) is 5.56 Å². The van der Waals surface area contributed by atoms with E-state index in [0.29, 0.717) is 38.7 Å². The van der Waals surface area contributed by atoms with Gasteiger partial charge in [-0.25, -0.2) is 9.37 Å². The molecule has 0 radical (unpaired) electrons. The highest BCUT2D eigenvalue weighted by molar-refractivity contribution is 7.18. The number of methoxy groups -OCH3 is 2. The van der Waals surface area contributed by atoms with E-state index in [-0.39, 0.29) is 17.9 Å². The van der Waals surface area contributed by atoms with Crippen LogP contribution in [0.4, 0.5) is 4.39 Å². The molecule has 0 aliphatic heterocycles. The van der Waals surface area contributed by atoms with Crippen LogP contribution in [-0.4, -0.2) is 23.8 Å². The minimum atomic E-state index is -0.343. The van der Waals surface area contributed by atoms with Crippen molar-refractivity contribution in [3.05, 3.63) is 74.6 Å². The summed E-state index contributed by atoms with van der Waals surface area (Å²) in [7, 11) is 3.13. The maximum Gasteiger partial charge on any atom is 0.263 e. The summed E-state index contributed by atoms with van der Waals surface area (Å²) in [6.45, 7) is 4.12. The zero-order valence-electron chi connectivity index (χ0n) is 17.2. The van der Waals surface area contributed by atoms with Crippen molar-refractivity contribution in [2.75, 3.05) is 14.2 Å². The van der Waals surface area contributed by atoms with E-state index in [4.69, 9.17) is 14.5 Å². The Hall–Kier alpha value is -3.19. The van der Waals surface area contributed by atoms with Crippen molar-refractivity contribution in [1.29, 1.82) is 0 Å². The van der Waals surface area contributed by atoms with Crippen LogP contribution in [0.25, 0.3) is 21.6 Å². The Bertz CT molecular complexity index is 1310. The summed E-state index contributed by atoms with van der Waals surface area (Å²) in [5, 5.41) is 0.609. The molecule has 0 saturated heterocycles. The molecule has 30 heavy (non-hydrogen) atoms. The molecule has 4 aromatic rings. The third-order valence-corrected chi connectivity index (χ3v) is 6.26. The largest absolute Gasteiger partial charge is 0.493 e. The van der Waals surface area contributed by atoms with Gasteiger partial charge in [-0.05, 0) is 55.3 Å². The van der Waals surface area contributed by atoms with E-state index < -0.39 is 0 Å². The lowest BCUT2D eigenvalue weighted by Crippen LogP contribution is -2.24. The molecule has 0 unspecified atom stereocenters. The van der Waals surface area contributed by atoms with E-state index in [1.165, 1.54) is 23.5 Å². The van der Waals surface area contributed by atoms with E-state index in [1.807, 2.05) is 19.9 Å². The number of hydrogen-bond donors (Lipinski definition) is 0. The van der Waals surface area contributed by atoms with Crippen LogP contribution in [0.5, 0.6) is 11.5 Å². The molecule has 2 aromatic carbocycles. The summed E-state index contributed by atoms with van der Waals surface area (Å²) < 4.78 is 26.1. The molecule has 0 fully saturated rings. The molecule has 5 nitrogen and oxygen atoms in total. The summed E-state index contributed by atoms with van der Waals surface area (Å²) in [6, 6.07) is 11.7. The van der Waals surface area contributed by atoms with Crippen molar-refractivity contribution < 1.29 is 13.9 Å². The molecule has 0 aliphatic rings. The number of aromatic nitrogens is 2.